The van der Waals surface area contributed by atoms with E-state index in [1.807, 2.05) is 0 Å². The van der Waals surface area contributed by atoms with Crippen LogP contribution >= 0.6 is 77.0 Å². The van der Waals surface area contributed by atoms with Gasteiger partial charge in [0.2, 0.25) is 0 Å². The summed E-state index contributed by atoms with van der Waals surface area (Å²) in [4.78, 5) is 0. The maximum absolute atomic E-state index is 3.98. The molecule has 0 aromatic rings. The number of alkyl halides is 4. The minimum Gasteiger partial charge on any atom is -0.0838 e. The summed E-state index contributed by atoms with van der Waals surface area (Å²) >= 11 is 13.3. The summed E-state index contributed by atoms with van der Waals surface area (Å²) in [5, 5.41) is 0. The van der Waals surface area contributed by atoms with E-state index in [1.54, 1.807) is 0 Å². The molecule has 12 heavy (non-hydrogen) atoms. The van der Waals surface area contributed by atoms with Gasteiger partial charge in [-0.3, -0.25) is 0 Å². The fourth-order valence-corrected chi connectivity index (χ4v) is 11.3. The lowest BCUT2D eigenvalue weighted by molar-refractivity contribution is 0.590. The molecule has 0 aromatic carbocycles. The molecule has 0 amide bonds. The first-order valence-electron chi connectivity index (χ1n) is 4.08. The van der Waals surface area contributed by atoms with Gasteiger partial charge in [-0.15, -0.1) is 0 Å². The van der Waals surface area contributed by atoms with E-state index >= 15 is 0 Å². The molecule has 0 saturated heterocycles. The lowest BCUT2D eigenvalue weighted by atomic mass is 10.0. The number of hydrogen-bond donors (Lipinski definition) is 0. The van der Waals surface area contributed by atoms with Crippen LogP contribution in [0.5, 0.6) is 0 Å². The molecule has 4 bridgehead atoms. The maximum atomic E-state index is 3.98. The van der Waals surface area contributed by atoms with Crippen LogP contribution in [0.2, 0.25) is 0 Å². The molecule has 0 heterocycles. The predicted molar refractivity (Wildman–Crippen MR) is 75.3 cm³/mol. The molecule has 0 aromatic heterocycles. The molecule has 4 fully saturated rings. The molecule has 4 atom stereocenters. The van der Waals surface area contributed by atoms with Crippen LogP contribution < -0.4 is 0 Å². The molecular weight excluding hydrogens is 510 g/mol. The summed E-state index contributed by atoms with van der Waals surface area (Å²) in [6.45, 7) is 0. The van der Waals surface area contributed by atoms with Gasteiger partial charge in [-0.1, -0.05) is 77.0 Å². The number of rotatable bonds is 0. The Morgan fingerprint density at radius 3 is 1.25 bits per heavy atom. The van der Waals surface area contributed by atoms with Gasteiger partial charge in [-0.05, 0) is 25.7 Å². The van der Waals surface area contributed by atoms with Gasteiger partial charge in [0, 0.05) is 15.5 Å². The van der Waals surface area contributed by atoms with Crippen molar-refractivity contribution < 1.29 is 0 Å². The lowest BCUT2D eigenvalue weighted by Gasteiger charge is -2.29. The van der Waals surface area contributed by atoms with Crippen molar-refractivity contribution in [3.63, 3.8) is 0 Å². The monoisotopic (exact) mass is 516 g/mol. The van der Waals surface area contributed by atoms with E-state index in [4.69, 9.17) is 0 Å². The van der Waals surface area contributed by atoms with Gasteiger partial charge in [0.05, 0.1) is 0 Å². The first-order valence-corrected chi connectivity index (χ1v) is 7.83. The van der Waals surface area contributed by atoms with Crippen LogP contribution in [-0.4, -0.2) is 15.5 Å². The van der Waals surface area contributed by atoms with Crippen LogP contribution in [0.1, 0.15) is 25.7 Å². The third-order valence-corrected chi connectivity index (χ3v) is 11.6. The molecule has 4 saturated carbocycles. The minimum absolute atomic E-state index is 0.450. The molecule has 0 N–H and O–H groups in total. The highest BCUT2D eigenvalue weighted by atomic mass is 127. The summed E-state index contributed by atoms with van der Waals surface area (Å²) in [6, 6.07) is 0. The third-order valence-electron chi connectivity index (χ3n) is 3.85. The highest BCUT2D eigenvalue weighted by molar-refractivity contribution is 14.1. The van der Waals surface area contributed by atoms with Crippen LogP contribution in [0.15, 0.2) is 0 Å². The molecule has 68 valence electrons. The van der Waals surface area contributed by atoms with Crippen molar-refractivity contribution >= 4 is 77.0 Å². The standard InChI is InChI=1S/C8H8Br2I2/c9-5-1-6(10)3-8(5,12)4-7(6,11)2-5/h1-4H2/t5-,6-,7+,8+/m0/s1. The number of hydrogen-bond acceptors (Lipinski definition) is 0. The first-order chi connectivity index (χ1) is 5.33. The molecular formula is C8H8Br2I2. The summed E-state index contributed by atoms with van der Waals surface area (Å²) in [5.74, 6) is 0. The molecule has 0 unspecified atom stereocenters. The highest BCUT2D eigenvalue weighted by Gasteiger charge is 2.81. The van der Waals surface area contributed by atoms with E-state index in [0.717, 1.165) is 0 Å². The van der Waals surface area contributed by atoms with E-state index in [2.05, 4.69) is 77.0 Å². The average molecular weight is 518 g/mol. The van der Waals surface area contributed by atoms with E-state index in [0.29, 0.717) is 15.5 Å². The van der Waals surface area contributed by atoms with Crippen LogP contribution in [-0.2, 0) is 0 Å². The Kier molecular flexibility index (Phi) is 1.80. The largest absolute Gasteiger partial charge is 0.0838 e. The topological polar surface area (TPSA) is 0 Å². The second-order valence-electron chi connectivity index (χ2n) is 4.57. The lowest BCUT2D eigenvalue weighted by Crippen LogP contribution is -2.33. The SMILES string of the molecule is Br[C@]12C[C@]3(Br)C[C@@]1(I)C[C@]3(I)C2. The van der Waals surface area contributed by atoms with Gasteiger partial charge >= 0.3 is 0 Å². The smallest absolute Gasteiger partial charge is 0.0431 e. The Hall–Kier alpha value is 2.42. The van der Waals surface area contributed by atoms with Gasteiger partial charge < -0.3 is 0 Å². The second-order valence-corrected chi connectivity index (χ2v) is 11.7. The Morgan fingerprint density at radius 1 is 0.750 bits per heavy atom. The Bertz CT molecular complexity index is 212. The van der Waals surface area contributed by atoms with E-state index in [-0.39, 0.29) is 0 Å². The fourth-order valence-electron chi connectivity index (χ4n) is 3.29. The van der Waals surface area contributed by atoms with Gasteiger partial charge in [-0.25, -0.2) is 0 Å². The van der Waals surface area contributed by atoms with E-state index < -0.39 is 0 Å². The zero-order valence-electron chi connectivity index (χ0n) is 6.34. The molecule has 4 aliphatic rings. The van der Waals surface area contributed by atoms with Crippen molar-refractivity contribution in [1.29, 1.82) is 0 Å². The van der Waals surface area contributed by atoms with Crippen molar-refractivity contribution in [3.8, 4) is 0 Å². The Labute approximate surface area is 117 Å². The quantitative estimate of drug-likeness (QED) is 0.334. The Balaban J connectivity index is 2.23. The molecule has 0 aliphatic heterocycles. The van der Waals surface area contributed by atoms with E-state index in [1.165, 1.54) is 25.7 Å². The zero-order valence-corrected chi connectivity index (χ0v) is 13.8. The van der Waals surface area contributed by atoms with Crippen molar-refractivity contribution in [1.82, 2.24) is 0 Å². The minimum atomic E-state index is 0.450. The average Bonchev–Trinajstić information content (AvgIpc) is 2.19. The van der Waals surface area contributed by atoms with Crippen molar-refractivity contribution in [2.24, 2.45) is 0 Å². The van der Waals surface area contributed by atoms with Crippen molar-refractivity contribution in [2.75, 3.05) is 0 Å². The predicted octanol–water partition coefficient (Wildman–Crippen LogP) is 4.20. The number of halogens is 4. The molecule has 0 nitrogen and oxygen atoms in total. The van der Waals surface area contributed by atoms with Crippen molar-refractivity contribution in [3.05, 3.63) is 0 Å². The van der Waals surface area contributed by atoms with Gasteiger partial charge in [0.1, 0.15) is 0 Å². The molecule has 0 spiro atoms. The molecule has 4 rings (SSSR count). The third kappa shape index (κ3) is 0.821. The summed E-state index contributed by atoms with van der Waals surface area (Å²) in [7, 11) is 0. The normalized spacial score (nSPS) is 73.0. The van der Waals surface area contributed by atoms with Crippen LogP contribution in [0.25, 0.3) is 0 Å². The maximum Gasteiger partial charge on any atom is 0.0431 e. The van der Waals surface area contributed by atoms with Crippen LogP contribution in [0, 0.1) is 0 Å². The zero-order chi connectivity index (χ0) is 8.83. The molecule has 0 radical (unpaired) electrons. The van der Waals surface area contributed by atoms with Crippen LogP contribution in [0.4, 0.5) is 0 Å². The van der Waals surface area contributed by atoms with Crippen LogP contribution in [0.3, 0.4) is 0 Å². The second kappa shape index (κ2) is 2.24. The van der Waals surface area contributed by atoms with E-state index in [9.17, 15) is 0 Å². The molecule has 4 heteroatoms. The Morgan fingerprint density at radius 2 is 1.17 bits per heavy atom. The van der Waals surface area contributed by atoms with Gasteiger partial charge in [-0.2, -0.15) is 0 Å². The van der Waals surface area contributed by atoms with Crippen molar-refractivity contribution in [2.45, 2.75) is 41.2 Å². The van der Waals surface area contributed by atoms with Gasteiger partial charge in [0.25, 0.3) is 0 Å². The summed E-state index contributed by atoms with van der Waals surface area (Å²) in [5.41, 5.74) is 0. The molecule has 4 aliphatic carbocycles. The van der Waals surface area contributed by atoms with Gasteiger partial charge in [0.15, 0.2) is 0 Å². The summed E-state index contributed by atoms with van der Waals surface area (Å²) in [6.07, 6.45) is 5.42. The first kappa shape index (κ1) is 9.63. The fraction of sp³-hybridized carbons (Fsp3) is 1.00. The highest BCUT2D eigenvalue weighted by Crippen LogP contribution is 2.82. The summed E-state index contributed by atoms with van der Waals surface area (Å²) < 4.78 is 1.97.